The van der Waals surface area contributed by atoms with Gasteiger partial charge in [0.25, 0.3) is 0 Å². The number of rotatable bonds is 6. The number of nitrogens with zero attached hydrogens (tertiary/aromatic N) is 1. The zero-order valence-corrected chi connectivity index (χ0v) is 7.75. The minimum atomic E-state index is 1.07. The Hall–Kier alpha value is -0.790. The molecule has 0 aromatic carbocycles. The maximum Gasteiger partial charge on any atom is 0.124 e. The van der Waals surface area contributed by atoms with Crippen molar-refractivity contribution < 1.29 is 4.52 Å². The predicted octanol–water partition coefficient (Wildman–Crippen LogP) is 3.19. The fourth-order valence-corrected chi connectivity index (χ4v) is 1.28. The third-order valence-electron chi connectivity index (χ3n) is 2.03. The molecule has 0 saturated heterocycles. The van der Waals surface area contributed by atoms with Gasteiger partial charge >= 0.3 is 0 Å². The Labute approximate surface area is 74.0 Å². The van der Waals surface area contributed by atoms with Crippen LogP contribution in [0.3, 0.4) is 0 Å². The van der Waals surface area contributed by atoms with Crippen LogP contribution in [0.15, 0.2) is 16.9 Å². The highest BCUT2D eigenvalue weighted by Crippen LogP contribution is 2.06. The summed E-state index contributed by atoms with van der Waals surface area (Å²) in [5.74, 6) is 0. The third kappa shape index (κ3) is 3.56. The fraction of sp³-hybridized carbons (Fsp3) is 0.700. The quantitative estimate of drug-likeness (QED) is 0.608. The van der Waals surface area contributed by atoms with E-state index in [1.165, 1.54) is 32.1 Å². The third-order valence-corrected chi connectivity index (χ3v) is 2.03. The number of unbranched alkanes of at least 4 members (excludes halogenated alkanes) is 4. The average Bonchev–Trinajstić information content (AvgIpc) is 2.57. The molecule has 0 bridgehead atoms. The van der Waals surface area contributed by atoms with Gasteiger partial charge in [0.15, 0.2) is 0 Å². The van der Waals surface area contributed by atoms with E-state index in [2.05, 4.69) is 12.1 Å². The van der Waals surface area contributed by atoms with Gasteiger partial charge in [0.2, 0.25) is 0 Å². The highest BCUT2D eigenvalue weighted by Gasteiger charge is 1.95. The first-order valence-corrected chi connectivity index (χ1v) is 4.82. The van der Waals surface area contributed by atoms with Gasteiger partial charge in [0, 0.05) is 6.07 Å². The van der Waals surface area contributed by atoms with Crippen LogP contribution in [0.5, 0.6) is 0 Å². The molecule has 1 heterocycles. The first-order chi connectivity index (χ1) is 5.93. The number of aryl methyl sites for hydroxylation is 1. The van der Waals surface area contributed by atoms with Gasteiger partial charge in [-0.2, -0.15) is 0 Å². The second-order valence-corrected chi connectivity index (χ2v) is 3.15. The van der Waals surface area contributed by atoms with E-state index >= 15 is 0 Å². The van der Waals surface area contributed by atoms with Crippen LogP contribution in [0, 0.1) is 0 Å². The monoisotopic (exact) mass is 167 g/mol. The summed E-state index contributed by atoms with van der Waals surface area (Å²) in [5, 5.41) is 3.86. The Kier molecular flexibility index (Phi) is 4.50. The first-order valence-electron chi connectivity index (χ1n) is 4.82. The second kappa shape index (κ2) is 5.81. The topological polar surface area (TPSA) is 26.0 Å². The highest BCUT2D eigenvalue weighted by molar-refractivity contribution is 4.94. The maximum absolute atomic E-state index is 4.74. The Bertz CT molecular complexity index is 182. The van der Waals surface area contributed by atoms with Crippen LogP contribution in [0.2, 0.25) is 0 Å². The summed E-state index contributed by atoms with van der Waals surface area (Å²) in [6.07, 6.45) is 9.30. The summed E-state index contributed by atoms with van der Waals surface area (Å²) in [6, 6.07) is 1.94. The van der Waals surface area contributed by atoms with Crippen LogP contribution < -0.4 is 0 Å². The number of hydrogen-bond donors (Lipinski definition) is 0. The predicted molar refractivity (Wildman–Crippen MR) is 49.0 cm³/mol. The molecule has 1 rings (SSSR count). The molecule has 0 aliphatic rings. The molecule has 0 saturated carbocycles. The lowest BCUT2D eigenvalue weighted by molar-refractivity contribution is 0.410. The summed E-state index contributed by atoms with van der Waals surface area (Å²) in [4.78, 5) is 0. The molecule has 0 fully saturated rings. The summed E-state index contributed by atoms with van der Waals surface area (Å²) in [5.41, 5.74) is 1.09. The van der Waals surface area contributed by atoms with Crippen LogP contribution in [0.25, 0.3) is 0 Å². The molecule has 2 heteroatoms. The summed E-state index contributed by atoms with van der Waals surface area (Å²) in [7, 11) is 0. The van der Waals surface area contributed by atoms with Gasteiger partial charge < -0.3 is 4.52 Å². The van der Waals surface area contributed by atoms with E-state index in [0.717, 1.165) is 12.1 Å². The lowest BCUT2D eigenvalue weighted by Gasteiger charge is -1.96. The van der Waals surface area contributed by atoms with Gasteiger partial charge in [-0.3, -0.25) is 0 Å². The Balaban J connectivity index is 1.96. The molecule has 0 unspecified atom stereocenters. The minimum absolute atomic E-state index is 1.07. The highest BCUT2D eigenvalue weighted by atomic mass is 16.5. The van der Waals surface area contributed by atoms with Gasteiger partial charge in [-0.25, -0.2) is 0 Å². The molecule has 0 amide bonds. The van der Waals surface area contributed by atoms with Crippen molar-refractivity contribution in [1.82, 2.24) is 5.16 Å². The molecule has 0 spiro atoms. The lowest BCUT2D eigenvalue weighted by atomic mass is 10.1. The maximum atomic E-state index is 4.74. The molecule has 1 aromatic heterocycles. The Morgan fingerprint density at radius 1 is 1.25 bits per heavy atom. The summed E-state index contributed by atoms with van der Waals surface area (Å²) >= 11 is 0. The van der Waals surface area contributed by atoms with E-state index in [4.69, 9.17) is 4.52 Å². The zero-order chi connectivity index (χ0) is 8.65. The van der Waals surface area contributed by atoms with Crippen molar-refractivity contribution in [3.8, 4) is 0 Å². The van der Waals surface area contributed by atoms with Crippen LogP contribution in [0.4, 0.5) is 0 Å². The average molecular weight is 167 g/mol. The van der Waals surface area contributed by atoms with Crippen molar-refractivity contribution in [2.75, 3.05) is 0 Å². The molecule has 2 nitrogen and oxygen atoms in total. The van der Waals surface area contributed by atoms with Gasteiger partial charge in [0.05, 0.1) is 5.69 Å². The summed E-state index contributed by atoms with van der Waals surface area (Å²) < 4.78 is 4.74. The van der Waals surface area contributed by atoms with Gasteiger partial charge in [-0.1, -0.05) is 37.8 Å². The van der Waals surface area contributed by atoms with E-state index in [-0.39, 0.29) is 0 Å². The molecular formula is C10H17NO. The minimum Gasteiger partial charge on any atom is -0.365 e. The molecule has 12 heavy (non-hydrogen) atoms. The Morgan fingerprint density at radius 3 is 2.75 bits per heavy atom. The zero-order valence-electron chi connectivity index (χ0n) is 7.75. The first kappa shape index (κ1) is 9.30. The van der Waals surface area contributed by atoms with Crippen molar-refractivity contribution in [3.63, 3.8) is 0 Å². The van der Waals surface area contributed by atoms with Crippen molar-refractivity contribution in [3.05, 3.63) is 18.0 Å². The number of hydrogen-bond acceptors (Lipinski definition) is 2. The molecule has 0 radical (unpaired) electrons. The van der Waals surface area contributed by atoms with Crippen molar-refractivity contribution in [1.29, 1.82) is 0 Å². The van der Waals surface area contributed by atoms with E-state index in [9.17, 15) is 0 Å². The molecular weight excluding hydrogens is 150 g/mol. The van der Waals surface area contributed by atoms with Crippen LogP contribution in [0.1, 0.15) is 44.7 Å². The van der Waals surface area contributed by atoms with Crippen LogP contribution >= 0.6 is 0 Å². The van der Waals surface area contributed by atoms with E-state index in [0.29, 0.717) is 0 Å². The smallest absolute Gasteiger partial charge is 0.124 e. The fourth-order valence-electron chi connectivity index (χ4n) is 1.28. The largest absolute Gasteiger partial charge is 0.365 e. The summed E-state index contributed by atoms with van der Waals surface area (Å²) in [6.45, 7) is 2.23. The SMILES string of the molecule is CCCCCCCc1ccon1. The molecule has 0 atom stereocenters. The standard InChI is InChI=1S/C10H17NO/c1-2-3-4-5-6-7-10-8-9-12-11-10/h8-9H,2-7H2,1H3. The van der Waals surface area contributed by atoms with Gasteiger partial charge in [-0.05, 0) is 12.8 Å². The molecule has 0 aliphatic carbocycles. The molecule has 0 N–H and O–H groups in total. The Morgan fingerprint density at radius 2 is 2.08 bits per heavy atom. The second-order valence-electron chi connectivity index (χ2n) is 3.15. The number of aromatic nitrogens is 1. The van der Waals surface area contributed by atoms with Crippen LogP contribution in [-0.4, -0.2) is 5.16 Å². The molecule has 68 valence electrons. The normalized spacial score (nSPS) is 10.4. The van der Waals surface area contributed by atoms with E-state index < -0.39 is 0 Å². The molecule has 0 aliphatic heterocycles. The lowest BCUT2D eigenvalue weighted by Crippen LogP contribution is -1.85. The van der Waals surface area contributed by atoms with Crippen LogP contribution in [-0.2, 0) is 6.42 Å². The van der Waals surface area contributed by atoms with Crippen molar-refractivity contribution in [2.45, 2.75) is 45.4 Å². The van der Waals surface area contributed by atoms with E-state index in [1.807, 2.05) is 6.07 Å². The van der Waals surface area contributed by atoms with Crippen molar-refractivity contribution >= 4 is 0 Å². The molecule has 1 aromatic rings. The van der Waals surface area contributed by atoms with Crippen molar-refractivity contribution in [2.24, 2.45) is 0 Å². The van der Waals surface area contributed by atoms with Gasteiger partial charge in [-0.15, -0.1) is 0 Å². The van der Waals surface area contributed by atoms with E-state index in [1.54, 1.807) is 6.26 Å². The van der Waals surface area contributed by atoms with Gasteiger partial charge in [0.1, 0.15) is 6.26 Å².